The number of hydrogen-bond acceptors (Lipinski definition) is 5. The molecule has 28 heavy (non-hydrogen) atoms. The van der Waals surface area contributed by atoms with Crippen molar-refractivity contribution in [2.45, 2.75) is 18.9 Å². The molecule has 0 aliphatic rings. The zero-order valence-corrected chi connectivity index (χ0v) is 16.4. The minimum atomic E-state index is -4.04. The first-order chi connectivity index (χ1) is 13.3. The van der Waals surface area contributed by atoms with Gasteiger partial charge in [-0.3, -0.25) is 14.6 Å². The lowest BCUT2D eigenvalue weighted by atomic mass is 10.1. The Bertz CT molecular complexity index is 1110. The Morgan fingerprint density at radius 1 is 1.04 bits per heavy atom. The molecule has 1 amide bonds. The summed E-state index contributed by atoms with van der Waals surface area (Å²) in [4.78, 5) is 12.6. The van der Waals surface area contributed by atoms with Gasteiger partial charge in [0.2, 0.25) is 0 Å². The summed E-state index contributed by atoms with van der Waals surface area (Å²) in [7, 11) is -2.52. The number of anilines is 2. The lowest BCUT2D eigenvalue weighted by molar-refractivity contribution is 0.102. The molecule has 0 fully saturated rings. The zero-order valence-electron chi connectivity index (χ0n) is 15.6. The maximum absolute atomic E-state index is 12.7. The van der Waals surface area contributed by atoms with Crippen molar-refractivity contribution in [3.05, 3.63) is 65.4 Å². The van der Waals surface area contributed by atoms with Crippen LogP contribution in [0.25, 0.3) is 0 Å². The van der Waals surface area contributed by atoms with Crippen molar-refractivity contribution in [1.29, 1.82) is 0 Å². The number of aromatic nitrogens is 2. The van der Waals surface area contributed by atoms with Gasteiger partial charge in [-0.15, -0.1) is 0 Å². The number of rotatable bonds is 6. The average Bonchev–Trinajstić information content (AvgIpc) is 3.16. The van der Waals surface area contributed by atoms with E-state index in [1.54, 1.807) is 30.3 Å². The first-order valence-electron chi connectivity index (χ1n) is 8.39. The Kier molecular flexibility index (Phi) is 5.36. The number of carbonyl (C=O) groups is 1. The predicted molar refractivity (Wildman–Crippen MR) is 106 cm³/mol. The fraction of sp³-hybridized carbons (Fsp3) is 0.158. The molecule has 1 heterocycles. The molecule has 3 aromatic rings. The molecular formula is C19H20N4O4S. The first-order valence-corrected chi connectivity index (χ1v) is 9.87. The minimum absolute atomic E-state index is 0.0840. The molecule has 0 saturated heterocycles. The van der Waals surface area contributed by atoms with Crippen LogP contribution in [-0.2, 0) is 10.0 Å². The van der Waals surface area contributed by atoms with Gasteiger partial charge >= 0.3 is 0 Å². The van der Waals surface area contributed by atoms with Gasteiger partial charge in [0.15, 0.2) is 5.03 Å². The molecule has 0 bridgehead atoms. The van der Waals surface area contributed by atoms with Crippen molar-refractivity contribution in [1.82, 2.24) is 10.2 Å². The largest absolute Gasteiger partial charge is 0.497 e. The number of carbonyl (C=O) groups excluding carboxylic acids is 1. The highest BCUT2D eigenvalue weighted by molar-refractivity contribution is 7.92. The maximum Gasteiger partial charge on any atom is 0.279 e. The number of benzene rings is 2. The second kappa shape index (κ2) is 7.73. The molecule has 3 rings (SSSR count). The lowest BCUT2D eigenvalue weighted by Crippen LogP contribution is -2.19. The second-order valence-electron chi connectivity index (χ2n) is 6.20. The van der Waals surface area contributed by atoms with Gasteiger partial charge in [0.05, 0.1) is 18.9 Å². The van der Waals surface area contributed by atoms with Crippen LogP contribution < -0.4 is 14.8 Å². The van der Waals surface area contributed by atoms with Crippen LogP contribution in [0.3, 0.4) is 0 Å². The number of aryl methyl sites for hydroxylation is 2. The van der Waals surface area contributed by atoms with Crippen LogP contribution in [0.5, 0.6) is 5.75 Å². The van der Waals surface area contributed by atoms with Crippen LogP contribution in [0.15, 0.2) is 53.7 Å². The fourth-order valence-corrected chi connectivity index (χ4v) is 3.68. The van der Waals surface area contributed by atoms with Gasteiger partial charge in [0, 0.05) is 11.4 Å². The molecule has 0 spiro atoms. The molecule has 0 aliphatic carbocycles. The second-order valence-corrected chi connectivity index (χ2v) is 7.82. The van der Waals surface area contributed by atoms with Gasteiger partial charge in [0.25, 0.3) is 15.9 Å². The highest BCUT2D eigenvalue weighted by Crippen LogP contribution is 2.21. The van der Waals surface area contributed by atoms with E-state index in [2.05, 4.69) is 20.2 Å². The van der Waals surface area contributed by atoms with Crippen LogP contribution in [0.2, 0.25) is 0 Å². The summed E-state index contributed by atoms with van der Waals surface area (Å²) in [5.74, 6) is 0.0186. The topological polar surface area (TPSA) is 113 Å². The van der Waals surface area contributed by atoms with Crippen LogP contribution in [0, 0.1) is 13.8 Å². The van der Waals surface area contributed by atoms with E-state index in [9.17, 15) is 13.2 Å². The molecule has 3 N–H and O–H groups in total. The monoisotopic (exact) mass is 400 g/mol. The third-order valence-electron chi connectivity index (χ3n) is 4.22. The van der Waals surface area contributed by atoms with Gasteiger partial charge in [0.1, 0.15) is 5.75 Å². The summed E-state index contributed by atoms with van der Waals surface area (Å²) < 4.78 is 32.9. The SMILES string of the molecule is COc1ccc(NS(=O)(=O)c2[nH]ncc2C(=O)Nc2ccc(C)c(C)c2)cc1. The van der Waals surface area contributed by atoms with Gasteiger partial charge in [-0.1, -0.05) is 6.07 Å². The van der Waals surface area contributed by atoms with Gasteiger partial charge in [-0.25, -0.2) is 0 Å². The number of ether oxygens (including phenoxy) is 1. The van der Waals surface area contributed by atoms with Crippen LogP contribution >= 0.6 is 0 Å². The average molecular weight is 400 g/mol. The van der Waals surface area contributed by atoms with Crippen LogP contribution in [0.4, 0.5) is 11.4 Å². The third kappa shape index (κ3) is 4.15. The number of amides is 1. The molecular weight excluding hydrogens is 380 g/mol. The van der Waals surface area contributed by atoms with Crippen molar-refractivity contribution in [3.8, 4) is 5.75 Å². The van der Waals surface area contributed by atoms with E-state index >= 15 is 0 Å². The quantitative estimate of drug-likeness (QED) is 0.588. The highest BCUT2D eigenvalue weighted by atomic mass is 32.2. The summed E-state index contributed by atoms with van der Waals surface area (Å²) in [6.45, 7) is 3.89. The van der Waals surface area contributed by atoms with Gasteiger partial charge in [-0.05, 0) is 61.4 Å². The number of H-pyrrole nitrogens is 1. The Morgan fingerprint density at radius 3 is 2.36 bits per heavy atom. The van der Waals surface area contributed by atoms with Crippen molar-refractivity contribution < 1.29 is 17.9 Å². The van der Waals surface area contributed by atoms with E-state index in [0.29, 0.717) is 17.1 Å². The maximum atomic E-state index is 12.7. The number of nitrogens with zero attached hydrogens (tertiary/aromatic N) is 1. The molecule has 1 aromatic heterocycles. The number of aromatic amines is 1. The summed E-state index contributed by atoms with van der Waals surface area (Å²) in [6.07, 6.45) is 1.18. The number of methoxy groups -OCH3 is 1. The number of sulfonamides is 1. The smallest absolute Gasteiger partial charge is 0.279 e. The van der Waals surface area contributed by atoms with E-state index in [4.69, 9.17) is 4.74 Å². The summed E-state index contributed by atoms with van der Waals surface area (Å²) >= 11 is 0. The predicted octanol–water partition coefficient (Wildman–Crippen LogP) is 3.09. The Hall–Kier alpha value is -3.33. The van der Waals surface area contributed by atoms with Crippen molar-refractivity contribution in [2.75, 3.05) is 17.1 Å². The van der Waals surface area contributed by atoms with E-state index in [-0.39, 0.29) is 10.6 Å². The molecule has 0 radical (unpaired) electrons. The summed E-state index contributed by atoms with van der Waals surface area (Å²) in [5, 5.41) is 8.50. The fourth-order valence-electron chi connectivity index (χ4n) is 2.52. The minimum Gasteiger partial charge on any atom is -0.497 e. The molecule has 0 atom stereocenters. The Morgan fingerprint density at radius 2 is 1.71 bits per heavy atom. The molecule has 0 aliphatic heterocycles. The molecule has 9 heteroatoms. The van der Waals surface area contributed by atoms with Crippen molar-refractivity contribution in [3.63, 3.8) is 0 Å². The third-order valence-corrected chi connectivity index (χ3v) is 5.58. The van der Waals surface area contributed by atoms with Crippen LogP contribution in [-0.4, -0.2) is 31.6 Å². The first kappa shape index (κ1) is 19.4. The van der Waals surface area contributed by atoms with E-state index in [1.807, 2.05) is 26.0 Å². The molecule has 8 nitrogen and oxygen atoms in total. The van der Waals surface area contributed by atoms with E-state index < -0.39 is 15.9 Å². The van der Waals surface area contributed by atoms with Crippen molar-refractivity contribution >= 4 is 27.3 Å². The number of hydrogen-bond donors (Lipinski definition) is 3. The van der Waals surface area contributed by atoms with Crippen molar-refractivity contribution in [2.24, 2.45) is 0 Å². The Labute approximate surface area is 163 Å². The number of nitrogens with one attached hydrogen (secondary N) is 3. The molecule has 2 aromatic carbocycles. The zero-order chi connectivity index (χ0) is 20.3. The molecule has 0 saturated carbocycles. The summed E-state index contributed by atoms with van der Waals surface area (Å²) in [5.41, 5.74) is 2.92. The summed E-state index contributed by atoms with van der Waals surface area (Å²) in [6, 6.07) is 11.8. The molecule has 146 valence electrons. The standard InChI is InChI=1S/C19H20N4O4S/c1-12-4-5-15(10-13(12)2)21-18(24)17-11-20-22-19(17)28(25,26)23-14-6-8-16(27-3)9-7-14/h4-11,23H,1-3H3,(H,20,22)(H,21,24). The van der Waals surface area contributed by atoms with Crippen LogP contribution in [0.1, 0.15) is 21.5 Å². The highest BCUT2D eigenvalue weighted by Gasteiger charge is 2.25. The van der Waals surface area contributed by atoms with Gasteiger partial charge < -0.3 is 10.1 Å². The van der Waals surface area contributed by atoms with E-state index in [1.165, 1.54) is 13.3 Å². The van der Waals surface area contributed by atoms with E-state index in [0.717, 1.165) is 11.1 Å². The normalized spacial score (nSPS) is 11.1. The lowest BCUT2D eigenvalue weighted by Gasteiger charge is -2.10. The van der Waals surface area contributed by atoms with Gasteiger partial charge in [-0.2, -0.15) is 13.5 Å². The molecule has 0 unspecified atom stereocenters. The Balaban J connectivity index is 1.82.